The minimum Gasteiger partial charge on any atom is -0.490 e. The van der Waals surface area contributed by atoms with Crippen LogP contribution >= 0.6 is 0 Å². The fourth-order valence-electron chi connectivity index (χ4n) is 3.17. The molecule has 0 saturated heterocycles. The molecule has 0 saturated carbocycles. The van der Waals surface area contributed by atoms with Crippen LogP contribution in [-0.4, -0.2) is 12.6 Å². The topological polar surface area (TPSA) is 75.0 Å². The molecule has 0 N–H and O–H groups in total. The third kappa shape index (κ3) is 5.11. The smallest absolute Gasteiger partial charge is 0.453 e. The summed E-state index contributed by atoms with van der Waals surface area (Å²) in [5, 5.41) is -0.233. The molecule has 0 unspecified atom stereocenters. The first-order valence-corrected chi connectivity index (χ1v) is 10.2. The molecule has 0 aliphatic carbocycles. The maximum atomic E-state index is 13.8. The van der Waals surface area contributed by atoms with E-state index in [4.69, 9.17) is 18.6 Å². The van der Waals surface area contributed by atoms with E-state index in [1.165, 1.54) is 36.4 Å². The molecule has 0 radical (unpaired) electrons. The number of fused-ring (bicyclic) bond motifs is 1. The molecular weight excluding hydrogens is 472 g/mol. The molecule has 0 bridgehead atoms. The van der Waals surface area contributed by atoms with Gasteiger partial charge >= 0.3 is 12.1 Å². The number of carbonyl (C=O) groups excluding carboxylic acids is 1. The number of ether oxygens (including phenoxy) is 3. The summed E-state index contributed by atoms with van der Waals surface area (Å²) in [4.78, 5) is 25.2. The van der Waals surface area contributed by atoms with Crippen LogP contribution in [0.25, 0.3) is 11.0 Å². The van der Waals surface area contributed by atoms with Gasteiger partial charge in [-0.1, -0.05) is 12.1 Å². The second-order valence-corrected chi connectivity index (χ2v) is 7.12. The first-order chi connectivity index (χ1) is 16.7. The van der Waals surface area contributed by atoms with Crippen LogP contribution in [-0.2, 0) is 6.18 Å². The van der Waals surface area contributed by atoms with E-state index in [1.807, 2.05) is 0 Å². The zero-order chi connectivity index (χ0) is 25.2. The summed E-state index contributed by atoms with van der Waals surface area (Å²) < 4.78 is 75.3. The predicted molar refractivity (Wildman–Crippen MR) is 117 cm³/mol. The molecule has 6 nitrogen and oxygen atoms in total. The second kappa shape index (κ2) is 9.49. The Balaban J connectivity index is 1.75. The van der Waals surface area contributed by atoms with Gasteiger partial charge in [-0.15, -0.1) is 0 Å². The molecule has 1 aromatic heterocycles. The van der Waals surface area contributed by atoms with Crippen LogP contribution in [0.15, 0.2) is 75.9 Å². The van der Waals surface area contributed by atoms with Gasteiger partial charge in [0.1, 0.15) is 17.1 Å². The Labute approximate surface area is 195 Å². The number of halogens is 4. The van der Waals surface area contributed by atoms with E-state index in [-0.39, 0.29) is 34.8 Å². The Bertz CT molecular complexity index is 1440. The maximum absolute atomic E-state index is 13.8. The summed E-state index contributed by atoms with van der Waals surface area (Å²) in [6.45, 7) is 1.90. The number of rotatable bonds is 6. The average molecular weight is 488 g/mol. The lowest BCUT2D eigenvalue weighted by Crippen LogP contribution is -2.16. The monoisotopic (exact) mass is 488 g/mol. The van der Waals surface area contributed by atoms with Crippen LogP contribution < -0.4 is 19.6 Å². The molecular formula is C25H16F4O6. The van der Waals surface area contributed by atoms with Crippen molar-refractivity contribution < 1.29 is 41.0 Å². The maximum Gasteiger partial charge on any atom is 0.453 e. The summed E-state index contributed by atoms with van der Waals surface area (Å²) in [5.74, 6) is -4.30. The van der Waals surface area contributed by atoms with Crippen molar-refractivity contribution in [2.75, 3.05) is 6.61 Å². The predicted octanol–water partition coefficient (Wildman–Crippen LogP) is 6.36. The van der Waals surface area contributed by atoms with Gasteiger partial charge in [0.05, 0.1) is 17.6 Å². The minimum absolute atomic E-state index is 0.0145. The third-order valence-electron chi connectivity index (χ3n) is 4.73. The number of hydrogen-bond acceptors (Lipinski definition) is 6. The van der Waals surface area contributed by atoms with Crippen LogP contribution in [0.1, 0.15) is 23.0 Å². The van der Waals surface area contributed by atoms with Crippen molar-refractivity contribution in [3.8, 4) is 23.0 Å². The van der Waals surface area contributed by atoms with Crippen LogP contribution in [0.3, 0.4) is 0 Å². The van der Waals surface area contributed by atoms with Crippen LogP contribution in [0.2, 0.25) is 0 Å². The number of esters is 1. The van der Waals surface area contributed by atoms with E-state index in [1.54, 1.807) is 13.0 Å². The SMILES string of the molecule is CCOc1ccccc1Oc1c(C(F)(F)F)oc2cc(OC(=O)c3ccc(F)cc3)ccc2c1=O. The highest BCUT2D eigenvalue weighted by molar-refractivity contribution is 5.91. The lowest BCUT2D eigenvalue weighted by atomic mass is 10.2. The van der Waals surface area contributed by atoms with E-state index in [0.717, 1.165) is 24.3 Å². The molecule has 180 valence electrons. The Morgan fingerprint density at radius 1 is 0.971 bits per heavy atom. The van der Waals surface area contributed by atoms with Crippen molar-refractivity contribution in [3.05, 3.63) is 94.1 Å². The first-order valence-electron chi connectivity index (χ1n) is 10.2. The number of alkyl halides is 3. The van der Waals surface area contributed by atoms with Gasteiger partial charge in [-0.05, 0) is 55.5 Å². The summed E-state index contributed by atoms with van der Waals surface area (Å²) in [7, 11) is 0. The molecule has 3 aromatic carbocycles. The quantitative estimate of drug-likeness (QED) is 0.179. The van der Waals surface area contributed by atoms with Gasteiger partial charge in [0.2, 0.25) is 11.2 Å². The first kappa shape index (κ1) is 23.8. The summed E-state index contributed by atoms with van der Waals surface area (Å²) in [6, 6.07) is 13.8. The average Bonchev–Trinajstić information content (AvgIpc) is 2.81. The van der Waals surface area contributed by atoms with Crippen LogP contribution in [0, 0.1) is 5.82 Å². The molecule has 0 aliphatic heterocycles. The third-order valence-corrected chi connectivity index (χ3v) is 4.73. The number of para-hydroxylation sites is 2. The van der Waals surface area contributed by atoms with Crippen molar-refractivity contribution >= 4 is 16.9 Å². The molecule has 10 heteroatoms. The summed E-state index contributed by atoms with van der Waals surface area (Å²) >= 11 is 0. The molecule has 0 amide bonds. The Kier molecular flexibility index (Phi) is 6.46. The van der Waals surface area contributed by atoms with Crippen molar-refractivity contribution in [3.63, 3.8) is 0 Å². The van der Waals surface area contributed by atoms with Crippen LogP contribution in [0.4, 0.5) is 17.6 Å². The van der Waals surface area contributed by atoms with Crippen molar-refractivity contribution in [1.82, 2.24) is 0 Å². The van der Waals surface area contributed by atoms with Gasteiger partial charge in [-0.3, -0.25) is 4.79 Å². The lowest BCUT2D eigenvalue weighted by molar-refractivity contribution is -0.154. The second-order valence-electron chi connectivity index (χ2n) is 7.12. The van der Waals surface area contributed by atoms with Gasteiger partial charge in [0.15, 0.2) is 11.5 Å². The molecule has 4 aromatic rings. The Hall–Kier alpha value is -4.34. The highest BCUT2D eigenvalue weighted by atomic mass is 19.4. The molecule has 4 rings (SSSR count). The molecule has 0 atom stereocenters. The summed E-state index contributed by atoms with van der Waals surface area (Å²) in [5.41, 5.74) is -1.54. The largest absolute Gasteiger partial charge is 0.490 e. The van der Waals surface area contributed by atoms with E-state index in [0.29, 0.717) is 0 Å². The fraction of sp³-hybridized carbons (Fsp3) is 0.120. The highest BCUT2D eigenvalue weighted by Gasteiger charge is 2.40. The number of hydrogen-bond donors (Lipinski definition) is 0. The highest BCUT2D eigenvalue weighted by Crippen LogP contribution is 2.40. The van der Waals surface area contributed by atoms with Crippen molar-refractivity contribution in [2.24, 2.45) is 0 Å². The number of benzene rings is 3. The van der Waals surface area contributed by atoms with E-state index < -0.39 is 40.5 Å². The van der Waals surface area contributed by atoms with E-state index in [9.17, 15) is 27.2 Å². The van der Waals surface area contributed by atoms with Crippen molar-refractivity contribution in [1.29, 1.82) is 0 Å². The molecule has 0 fully saturated rings. The zero-order valence-corrected chi connectivity index (χ0v) is 18.0. The zero-order valence-electron chi connectivity index (χ0n) is 18.0. The van der Waals surface area contributed by atoms with E-state index in [2.05, 4.69) is 0 Å². The van der Waals surface area contributed by atoms with Gasteiger partial charge in [-0.25, -0.2) is 9.18 Å². The fourth-order valence-corrected chi connectivity index (χ4v) is 3.17. The standard InChI is InChI=1S/C25H16F4O6/c1-2-32-18-5-3-4-6-19(18)34-22-21(30)17-12-11-16(13-20(17)35-23(22)25(27,28)29)33-24(31)14-7-9-15(26)10-8-14/h3-13H,2H2,1H3. The molecule has 0 spiro atoms. The Morgan fingerprint density at radius 3 is 2.31 bits per heavy atom. The van der Waals surface area contributed by atoms with Gasteiger partial charge < -0.3 is 18.6 Å². The molecule has 35 heavy (non-hydrogen) atoms. The Morgan fingerprint density at radius 2 is 1.66 bits per heavy atom. The number of carbonyl (C=O) groups is 1. The minimum atomic E-state index is -5.08. The van der Waals surface area contributed by atoms with Crippen LogP contribution in [0.5, 0.6) is 23.0 Å². The lowest BCUT2D eigenvalue weighted by Gasteiger charge is -2.15. The van der Waals surface area contributed by atoms with E-state index >= 15 is 0 Å². The van der Waals surface area contributed by atoms with Gasteiger partial charge in [0, 0.05) is 6.07 Å². The normalized spacial score (nSPS) is 11.3. The molecule has 0 aliphatic rings. The molecule has 1 heterocycles. The van der Waals surface area contributed by atoms with Gasteiger partial charge in [0.25, 0.3) is 5.76 Å². The van der Waals surface area contributed by atoms with Gasteiger partial charge in [-0.2, -0.15) is 13.2 Å². The summed E-state index contributed by atoms with van der Waals surface area (Å²) in [6.07, 6.45) is -5.08. The van der Waals surface area contributed by atoms with Crippen molar-refractivity contribution in [2.45, 2.75) is 13.1 Å².